The van der Waals surface area contributed by atoms with Gasteiger partial charge >= 0.3 is 11.9 Å². The lowest BCUT2D eigenvalue weighted by Crippen LogP contribution is -2.48. The van der Waals surface area contributed by atoms with E-state index in [0.717, 1.165) is 6.07 Å². The number of hydrogen-bond donors (Lipinski definition) is 0. The molecule has 1 aromatic rings. The molecule has 2 rings (SSSR count). The Kier molecular flexibility index (Phi) is 7.80. The Morgan fingerprint density at radius 3 is 2.41 bits per heavy atom. The predicted octanol–water partition coefficient (Wildman–Crippen LogP) is 1.88. The van der Waals surface area contributed by atoms with Gasteiger partial charge in [0.15, 0.2) is 5.75 Å². The molecule has 0 amide bonds. The normalized spacial score (nSPS) is 16.7. The van der Waals surface area contributed by atoms with Crippen molar-refractivity contribution in [2.24, 2.45) is 0 Å². The summed E-state index contributed by atoms with van der Waals surface area (Å²) in [5, 5.41) is 11.1. The van der Waals surface area contributed by atoms with Crippen LogP contribution in [0.4, 0.5) is 18.9 Å². The second-order valence-electron chi connectivity index (χ2n) is 6.36. The first-order valence-electron chi connectivity index (χ1n) is 8.74. The van der Waals surface area contributed by atoms with E-state index in [9.17, 15) is 31.7 Å². The molecule has 0 aliphatic carbocycles. The Hall–Kier alpha value is -1.96. The number of methoxy groups -OCH3 is 1. The zero-order valence-corrected chi connectivity index (χ0v) is 16.5. The van der Waals surface area contributed by atoms with Gasteiger partial charge in [-0.25, -0.2) is 8.42 Å². The summed E-state index contributed by atoms with van der Waals surface area (Å²) in [7, 11) is -2.66. The molecule has 9 nitrogen and oxygen atoms in total. The van der Waals surface area contributed by atoms with Crippen LogP contribution in [0.3, 0.4) is 0 Å². The predicted molar refractivity (Wildman–Crippen MR) is 96.3 cm³/mol. The summed E-state index contributed by atoms with van der Waals surface area (Å²) in [4.78, 5) is 12.1. The van der Waals surface area contributed by atoms with E-state index in [1.165, 1.54) is 23.5 Å². The minimum Gasteiger partial charge on any atom is -0.490 e. The third kappa shape index (κ3) is 6.52. The van der Waals surface area contributed by atoms with Crippen LogP contribution in [0.1, 0.15) is 6.42 Å². The number of benzene rings is 1. The molecule has 1 aromatic carbocycles. The topological polar surface area (TPSA) is 102 Å². The van der Waals surface area contributed by atoms with Crippen LogP contribution in [0.15, 0.2) is 23.1 Å². The van der Waals surface area contributed by atoms with Crippen molar-refractivity contribution in [3.05, 3.63) is 28.3 Å². The van der Waals surface area contributed by atoms with Crippen molar-refractivity contribution >= 4 is 15.7 Å². The average Bonchev–Trinajstić information content (AvgIpc) is 2.66. The number of nitrogens with zero attached hydrogens (tertiary/aromatic N) is 3. The molecule has 0 spiro atoms. The molecule has 0 radical (unpaired) electrons. The van der Waals surface area contributed by atoms with Gasteiger partial charge in [-0.1, -0.05) is 0 Å². The van der Waals surface area contributed by atoms with Crippen LogP contribution in [-0.2, 0) is 14.8 Å². The van der Waals surface area contributed by atoms with Gasteiger partial charge in [0, 0.05) is 45.4 Å². The fourth-order valence-corrected chi connectivity index (χ4v) is 4.34. The molecular formula is C16H22F3N3O6S. The van der Waals surface area contributed by atoms with E-state index >= 15 is 0 Å². The third-order valence-corrected chi connectivity index (χ3v) is 6.24. The first-order chi connectivity index (χ1) is 13.5. The summed E-state index contributed by atoms with van der Waals surface area (Å²) in [6.45, 7) is 0.310. The maximum atomic E-state index is 12.8. The number of piperazine rings is 1. The number of sulfonamides is 1. The summed E-state index contributed by atoms with van der Waals surface area (Å²) in [6.07, 6.45) is -3.95. The second kappa shape index (κ2) is 9.69. The molecule has 0 aromatic heterocycles. The second-order valence-corrected chi connectivity index (χ2v) is 8.30. The fraction of sp³-hybridized carbons (Fsp3) is 0.625. The number of halogens is 3. The molecule has 0 atom stereocenters. The lowest BCUT2D eigenvalue weighted by molar-refractivity contribution is -0.386. The molecule has 13 heteroatoms. The highest BCUT2D eigenvalue weighted by Crippen LogP contribution is 2.30. The molecule has 1 saturated heterocycles. The van der Waals surface area contributed by atoms with Gasteiger partial charge in [-0.2, -0.15) is 17.5 Å². The molecule has 1 aliphatic rings. The molecule has 0 bridgehead atoms. The van der Waals surface area contributed by atoms with E-state index in [-0.39, 0.29) is 30.3 Å². The summed E-state index contributed by atoms with van der Waals surface area (Å²) in [6, 6.07) is 3.46. The first-order valence-corrected chi connectivity index (χ1v) is 10.2. The van der Waals surface area contributed by atoms with E-state index in [1.54, 1.807) is 0 Å². The highest BCUT2D eigenvalue weighted by atomic mass is 32.2. The standard InChI is InChI=1S/C16H22F3N3O6S/c1-27-15-4-3-13(11-14(15)22(23)24)29(25,26)21-8-6-20(7-9-21)5-2-10-28-12-16(17,18)19/h3-4,11H,2,5-10,12H2,1H3. The fourth-order valence-electron chi connectivity index (χ4n) is 2.89. The lowest BCUT2D eigenvalue weighted by atomic mass is 10.3. The van der Waals surface area contributed by atoms with Gasteiger partial charge in [-0.05, 0) is 18.6 Å². The van der Waals surface area contributed by atoms with Gasteiger partial charge in [0.2, 0.25) is 10.0 Å². The van der Waals surface area contributed by atoms with E-state index < -0.39 is 33.4 Å². The average molecular weight is 441 g/mol. The molecule has 0 N–H and O–H groups in total. The van der Waals surface area contributed by atoms with Crippen LogP contribution < -0.4 is 4.74 Å². The molecule has 0 saturated carbocycles. The van der Waals surface area contributed by atoms with E-state index in [0.29, 0.717) is 26.1 Å². The van der Waals surface area contributed by atoms with Gasteiger partial charge in [0.25, 0.3) is 0 Å². The van der Waals surface area contributed by atoms with Gasteiger partial charge in [-0.15, -0.1) is 0 Å². The van der Waals surface area contributed by atoms with Crippen LogP contribution >= 0.6 is 0 Å². The number of hydrogen-bond acceptors (Lipinski definition) is 7. The Morgan fingerprint density at radius 2 is 1.86 bits per heavy atom. The first kappa shape index (κ1) is 23.3. The van der Waals surface area contributed by atoms with Crippen molar-refractivity contribution in [2.75, 3.05) is 53.0 Å². The van der Waals surface area contributed by atoms with Crippen LogP contribution in [0, 0.1) is 10.1 Å². The highest BCUT2D eigenvalue weighted by molar-refractivity contribution is 7.89. The largest absolute Gasteiger partial charge is 0.490 e. The van der Waals surface area contributed by atoms with Crippen LogP contribution in [-0.4, -0.2) is 81.8 Å². The number of alkyl halides is 3. The Balaban J connectivity index is 1.90. The van der Waals surface area contributed by atoms with E-state index in [4.69, 9.17) is 4.74 Å². The molecule has 1 heterocycles. The molecule has 164 valence electrons. The quantitative estimate of drug-likeness (QED) is 0.328. The van der Waals surface area contributed by atoms with Gasteiger partial charge in [-0.3, -0.25) is 10.1 Å². The zero-order valence-electron chi connectivity index (χ0n) is 15.7. The van der Waals surface area contributed by atoms with Crippen molar-refractivity contribution in [3.63, 3.8) is 0 Å². The van der Waals surface area contributed by atoms with Crippen molar-refractivity contribution in [2.45, 2.75) is 17.5 Å². The summed E-state index contributed by atoms with van der Waals surface area (Å²) >= 11 is 0. The van der Waals surface area contributed by atoms with E-state index in [1.807, 2.05) is 4.90 Å². The monoisotopic (exact) mass is 441 g/mol. The Morgan fingerprint density at radius 1 is 1.21 bits per heavy atom. The van der Waals surface area contributed by atoms with Crippen molar-refractivity contribution in [1.29, 1.82) is 0 Å². The molecule has 1 aliphatic heterocycles. The smallest absolute Gasteiger partial charge is 0.411 e. The molecule has 29 heavy (non-hydrogen) atoms. The van der Waals surface area contributed by atoms with Crippen molar-refractivity contribution in [1.82, 2.24) is 9.21 Å². The lowest BCUT2D eigenvalue weighted by Gasteiger charge is -2.33. The minimum atomic E-state index is -4.35. The summed E-state index contributed by atoms with van der Waals surface area (Å²) < 4.78 is 72.2. The van der Waals surface area contributed by atoms with Crippen LogP contribution in [0.25, 0.3) is 0 Å². The summed E-state index contributed by atoms with van der Waals surface area (Å²) in [5.74, 6) is -0.0356. The summed E-state index contributed by atoms with van der Waals surface area (Å²) in [5.41, 5.74) is -0.439. The maximum Gasteiger partial charge on any atom is 0.411 e. The van der Waals surface area contributed by atoms with Crippen molar-refractivity contribution < 1.29 is 36.0 Å². The zero-order chi connectivity index (χ0) is 21.7. The third-order valence-electron chi connectivity index (χ3n) is 4.34. The van der Waals surface area contributed by atoms with Crippen LogP contribution in [0.2, 0.25) is 0 Å². The molecule has 1 fully saturated rings. The SMILES string of the molecule is COc1ccc(S(=O)(=O)N2CCN(CCCOCC(F)(F)F)CC2)cc1[N+](=O)[O-]. The number of ether oxygens (including phenoxy) is 2. The van der Waals surface area contributed by atoms with E-state index in [2.05, 4.69) is 4.74 Å². The van der Waals surface area contributed by atoms with Crippen LogP contribution in [0.5, 0.6) is 5.75 Å². The van der Waals surface area contributed by atoms with Crippen molar-refractivity contribution in [3.8, 4) is 5.75 Å². The Bertz CT molecular complexity index is 811. The highest BCUT2D eigenvalue weighted by Gasteiger charge is 2.31. The van der Waals surface area contributed by atoms with Gasteiger partial charge < -0.3 is 14.4 Å². The number of nitro groups is 1. The maximum absolute atomic E-state index is 12.8. The molecular weight excluding hydrogens is 419 g/mol. The Labute approximate surface area is 166 Å². The minimum absolute atomic E-state index is 0.0342. The number of rotatable bonds is 9. The number of nitro benzene ring substituents is 1. The van der Waals surface area contributed by atoms with Gasteiger partial charge in [0.05, 0.1) is 16.9 Å². The molecule has 0 unspecified atom stereocenters. The van der Waals surface area contributed by atoms with Gasteiger partial charge in [0.1, 0.15) is 6.61 Å².